The molecule has 0 saturated carbocycles. The highest BCUT2D eigenvalue weighted by Gasteiger charge is 2.36. The Bertz CT molecular complexity index is 861. The van der Waals surface area contributed by atoms with Crippen molar-refractivity contribution < 1.29 is 19.1 Å². The van der Waals surface area contributed by atoms with Gasteiger partial charge in [-0.05, 0) is 58.4 Å². The third-order valence-electron chi connectivity index (χ3n) is 6.51. The number of benzene rings is 1. The van der Waals surface area contributed by atoms with Gasteiger partial charge in [0.1, 0.15) is 17.7 Å². The van der Waals surface area contributed by atoms with Crippen molar-refractivity contribution in [3.63, 3.8) is 0 Å². The standard InChI is InChI=1S/C32H55N3O4/c1-9-11-13-14-15-16-22-35(30(37)27(23-24(3)4)34-31(38)39-32(6,7)8)28(29(36)33-21-12-10-2)26-19-17-25(5)18-20-26/h17-20,24,27-28H,9-16,21-23H2,1-8H3,(H,33,36)(H,34,38). The molecule has 0 bridgehead atoms. The molecule has 0 aromatic heterocycles. The minimum absolute atomic E-state index is 0.154. The van der Waals surface area contributed by atoms with Crippen LogP contribution in [-0.2, 0) is 14.3 Å². The van der Waals surface area contributed by atoms with Gasteiger partial charge in [-0.2, -0.15) is 0 Å². The van der Waals surface area contributed by atoms with Crippen LogP contribution in [0.3, 0.4) is 0 Å². The largest absolute Gasteiger partial charge is 0.444 e. The fraction of sp³-hybridized carbons (Fsp3) is 0.719. The number of amides is 3. The van der Waals surface area contributed by atoms with Crippen LogP contribution in [0.25, 0.3) is 0 Å². The van der Waals surface area contributed by atoms with E-state index in [0.717, 1.165) is 43.2 Å². The summed E-state index contributed by atoms with van der Waals surface area (Å²) < 4.78 is 5.49. The van der Waals surface area contributed by atoms with Gasteiger partial charge in [-0.1, -0.05) is 96.0 Å². The molecule has 1 rings (SSSR count). The second kappa shape index (κ2) is 17.9. The van der Waals surface area contributed by atoms with E-state index < -0.39 is 23.8 Å². The molecule has 7 heteroatoms. The average molecular weight is 546 g/mol. The fourth-order valence-electron chi connectivity index (χ4n) is 4.48. The summed E-state index contributed by atoms with van der Waals surface area (Å²) >= 11 is 0. The van der Waals surface area contributed by atoms with Gasteiger partial charge in [0.15, 0.2) is 0 Å². The molecule has 0 fully saturated rings. The van der Waals surface area contributed by atoms with Gasteiger partial charge in [0.25, 0.3) is 0 Å². The zero-order valence-corrected chi connectivity index (χ0v) is 25.9. The second-order valence-corrected chi connectivity index (χ2v) is 12.1. The number of carbonyl (C=O) groups excluding carboxylic acids is 3. The number of unbranched alkanes of at least 4 members (excludes halogenated alkanes) is 6. The summed E-state index contributed by atoms with van der Waals surface area (Å²) in [4.78, 5) is 42.3. The number of ether oxygens (including phenoxy) is 1. The number of carbonyl (C=O) groups is 3. The van der Waals surface area contributed by atoms with Gasteiger partial charge in [-0.3, -0.25) is 9.59 Å². The fourth-order valence-corrected chi connectivity index (χ4v) is 4.48. The monoisotopic (exact) mass is 545 g/mol. The molecule has 1 aromatic carbocycles. The van der Waals surface area contributed by atoms with E-state index >= 15 is 0 Å². The van der Waals surface area contributed by atoms with E-state index in [1.54, 1.807) is 25.7 Å². The predicted molar refractivity (Wildman–Crippen MR) is 160 cm³/mol. The number of rotatable bonds is 17. The summed E-state index contributed by atoms with van der Waals surface area (Å²) in [5.74, 6) is -0.285. The van der Waals surface area contributed by atoms with Gasteiger partial charge in [0.05, 0.1) is 0 Å². The first-order chi connectivity index (χ1) is 18.4. The molecule has 0 aliphatic carbocycles. The normalized spacial score (nSPS) is 13.1. The quantitative estimate of drug-likeness (QED) is 0.205. The molecule has 2 atom stereocenters. The first-order valence-electron chi connectivity index (χ1n) is 15.0. The number of hydrogen-bond donors (Lipinski definition) is 2. The molecule has 0 spiro atoms. The zero-order valence-electron chi connectivity index (χ0n) is 25.9. The molecule has 0 aliphatic heterocycles. The van der Waals surface area contributed by atoms with E-state index in [4.69, 9.17) is 4.74 Å². The smallest absolute Gasteiger partial charge is 0.408 e. The Hall–Kier alpha value is -2.57. The lowest BCUT2D eigenvalue weighted by molar-refractivity contribution is -0.143. The molecule has 1 aromatic rings. The van der Waals surface area contributed by atoms with Crippen molar-refractivity contribution in [1.29, 1.82) is 0 Å². The molecule has 39 heavy (non-hydrogen) atoms. The van der Waals surface area contributed by atoms with Crippen LogP contribution >= 0.6 is 0 Å². The summed E-state index contributed by atoms with van der Waals surface area (Å²) in [6.07, 6.45) is 8.06. The van der Waals surface area contributed by atoms with E-state index in [0.29, 0.717) is 19.5 Å². The van der Waals surface area contributed by atoms with Crippen LogP contribution in [0.15, 0.2) is 24.3 Å². The maximum Gasteiger partial charge on any atom is 0.408 e. The molecular formula is C32H55N3O4. The molecule has 222 valence electrons. The maximum absolute atomic E-state index is 14.2. The zero-order chi connectivity index (χ0) is 29.4. The highest BCUT2D eigenvalue weighted by atomic mass is 16.6. The first kappa shape index (κ1) is 34.5. The van der Waals surface area contributed by atoms with Gasteiger partial charge in [-0.15, -0.1) is 0 Å². The van der Waals surface area contributed by atoms with Crippen molar-refractivity contribution in [2.75, 3.05) is 13.1 Å². The summed E-state index contributed by atoms with van der Waals surface area (Å²) in [7, 11) is 0. The van der Waals surface area contributed by atoms with Gasteiger partial charge in [-0.25, -0.2) is 4.79 Å². The topological polar surface area (TPSA) is 87.7 Å². The van der Waals surface area contributed by atoms with Gasteiger partial charge in [0.2, 0.25) is 11.8 Å². The molecule has 0 saturated heterocycles. The van der Waals surface area contributed by atoms with Gasteiger partial charge >= 0.3 is 6.09 Å². The Morgan fingerprint density at radius 3 is 2.05 bits per heavy atom. The van der Waals surface area contributed by atoms with Gasteiger partial charge < -0.3 is 20.3 Å². The van der Waals surface area contributed by atoms with E-state index in [-0.39, 0.29) is 17.7 Å². The molecule has 2 unspecified atom stereocenters. The van der Waals surface area contributed by atoms with E-state index in [1.807, 2.05) is 45.0 Å². The minimum Gasteiger partial charge on any atom is -0.444 e. The Labute approximate surface area is 237 Å². The summed E-state index contributed by atoms with van der Waals surface area (Å²) in [6, 6.07) is 6.23. The first-order valence-corrected chi connectivity index (χ1v) is 15.0. The van der Waals surface area contributed by atoms with Crippen molar-refractivity contribution in [2.45, 2.75) is 131 Å². The SMILES string of the molecule is CCCCCCCCN(C(=O)C(CC(C)C)NC(=O)OC(C)(C)C)C(C(=O)NCCCC)c1ccc(C)cc1. The molecule has 0 heterocycles. The summed E-state index contributed by atoms with van der Waals surface area (Å²) in [5.41, 5.74) is 1.17. The number of aryl methyl sites for hydroxylation is 1. The number of nitrogens with zero attached hydrogens (tertiary/aromatic N) is 1. The van der Waals surface area contributed by atoms with Crippen LogP contribution in [0, 0.1) is 12.8 Å². The Kier molecular flexibility index (Phi) is 15.8. The van der Waals surface area contributed by atoms with Crippen molar-refractivity contribution in [1.82, 2.24) is 15.5 Å². The highest BCUT2D eigenvalue weighted by molar-refractivity contribution is 5.92. The van der Waals surface area contributed by atoms with Crippen molar-refractivity contribution in [3.8, 4) is 0 Å². The Balaban J connectivity index is 3.38. The van der Waals surface area contributed by atoms with Crippen LogP contribution < -0.4 is 10.6 Å². The third kappa shape index (κ3) is 13.9. The molecule has 3 amide bonds. The lowest BCUT2D eigenvalue weighted by Crippen LogP contribution is -2.53. The third-order valence-corrected chi connectivity index (χ3v) is 6.51. The molecule has 2 N–H and O–H groups in total. The lowest BCUT2D eigenvalue weighted by atomic mass is 9.98. The van der Waals surface area contributed by atoms with Crippen LogP contribution in [0.2, 0.25) is 0 Å². The van der Waals surface area contributed by atoms with Crippen LogP contribution in [0.1, 0.15) is 123 Å². The van der Waals surface area contributed by atoms with Crippen molar-refractivity contribution >= 4 is 17.9 Å². The van der Waals surface area contributed by atoms with E-state index in [2.05, 4.69) is 24.5 Å². The van der Waals surface area contributed by atoms with Crippen LogP contribution in [-0.4, -0.2) is 47.5 Å². The predicted octanol–water partition coefficient (Wildman–Crippen LogP) is 7.08. The minimum atomic E-state index is -0.795. The summed E-state index contributed by atoms with van der Waals surface area (Å²) in [6.45, 7) is 16.7. The summed E-state index contributed by atoms with van der Waals surface area (Å²) in [5, 5.41) is 5.88. The molecule has 7 nitrogen and oxygen atoms in total. The van der Waals surface area contributed by atoms with Crippen LogP contribution in [0.5, 0.6) is 0 Å². The Morgan fingerprint density at radius 1 is 0.897 bits per heavy atom. The van der Waals surface area contributed by atoms with Gasteiger partial charge in [0, 0.05) is 13.1 Å². The number of hydrogen-bond acceptors (Lipinski definition) is 4. The Morgan fingerprint density at radius 2 is 1.49 bits per heavy atom. The highest BCUT2D eigenvalue weighted by Crippen LogP contribution is 2.25. The number of alkyl carbamates (subject to hydrolysis) is 1. The molecule has 0 aliphatic rings. The van der Waals surface area contributed by atoms with Crippen molar-refractivity contribution in [3.05, 3.63) is 35.4 Å². The van der Waals surface area contributed by atoms with E-state index in [1.165, 1.54) is 19.3 Å². The molecular weight excluding hydrogens is 490 g/mol. The van der Waals surface area contributed by atoms with Crippen molar-refractivity contribution in [2.24, 2.45) is 5.92 Å². The lowest BCUT2D eigenvalue weighted by Gasteiger charge is -2.35. The average Bonchev–Trinajstić information content (AvgIpc) is 2.84. The van der Waals surface area contributed by atoms with E-state index in [9.17, 15) is 14.4 Å². The van der Waals surface area contributed by atoms with Crippen LogP contribution in [0.4, 0.5) is 4.79 Å². The number of nitrogens with one attached hydrogen (secondary N) is 2. The second-order valence-electron chi connectivity index (χ2n) is 12.1. The maximum atomic E-state index is 14.2. The molecule has 0 radical (unpaired) electrons.